The molecular weight excluding hydrogens is 211 g/mol. The largest absolute Gasteiger partial charge is 0.668 e. The first-order valence-electron chi connectivity index (χ1n) is 1.68. The van der Waals surface area contributed by atoms with Crippen molar-refractivity contribution >= 4 is 39.9 Å². The molecule has 11 heavy (non-hydrogen) atoms. The van der Waals surface area contributed by atoms with Crippen LogP contribution in [0.15, 0.2) is 0 Å². The van der Waals surface area contributed by atoms with Crippen LogP contribution in [0.25, 0.3) is 0 Å². The third-order valence-corrected chi connectivity index (χ3v) is 0. The average Bonchev–Trinajstić information content (AvgIpc) is 1.12. The normalized spacial score (nSPS) is 10.8. The molecule has 0 aromatic carbocycles. The molecule has 0 amide bonds. The monoisotopic (exact) mass is 220 g/mol. The lowest BCUT2D eigenvalue weighted by Crippen LogP contribution is -2.33. The van der Waals surface area contributed by atoms with Crippen LogP contribution >= 0.6 is 7.82 Å². The summed E-state index contributed by atoms with van der Waals surface area (Å²) >= 11 is 0. The molecule has 0 aliphatic rings. The SMILES string of the molecule is O=P(O)(O)O.O[Si](O)(O)O.[MgH2]. The van der Waals surface area contributed by atoms with Crippen LogP contribution in [0.1, 0.15) is 0 Å². The smallest absolute Gasteiger partial charge is 0.368 e. The Morgan fingerprint density at radius 3 is 0.909 bits per heavy atom. The van der Waals surface area contributed by atoms with Crippen LogP contribution in [0.3, 0.4) is 0 Å². The van der Waals surface area contributed by atoms with Gasteiger partial charge in [-0.05, 0) is 0 Å². The van der Waals surface area contributed by atoms with E-state index in [1.807, 2.05) is 0 Å². The van der Waals surface area contributed by atoms with Gasteiger partial charge in [0, 0.05) is 0 Å². The molecule has 0 fully saturated rings. The van der Waals surface area contributed by atoms with Gasteiger partial charge in [-0.1, -0.05) is 0 Å². The Kier molecular flexibility index (Phi) is 10.5. The molecule has 11 heteroatoms. The zero-order valence-electron chi connectivity index (χ0n) is 4.49. The summed E-state index contributed by atoms with van der Waals surface area (Å²) in [5, 5.41) is 0. The van der Waals surface area contributed by atoms with Crippen LogP contribution in [-0.2, 0) is 4.57 Å². The van der Waals surface area contributed by atoms with E-state index in [-0.39, 0.29) is 23.1 Å². The van der Waals surface area contributed by atoms with Crippen molar-refractivity contribution in [1.29, 1.82) is 0 Å². The highest BCUT2D eigenvalue weighted by Gasteiger charge is 2.22. The Balaban J connectivity index is -0.000000107. The highest BCUT2D eigenvalue weighted by molar-refractivity contribution is 7.45. The van der Waals surface area contributed by atoms with Gasteiger partial charge < -0.3 is 33.9 Å². The van der Waals surface area contributed by atoms with Crippen molar-refractivity contribution in [2.75, 3.05) is 0 Å². The Morgan fingerprint density at radius 2 is 0.909 bits per heavy atom. The van der Waals surface area contributed by atoms with E-state index in [1.165, 1.54) is 0 Å². The van der Waals surface area contributed by atoms with Crippen molar-refractivity contribution in [3.63, 3.8) is 0 Å². The van der Waals surface area contributed by atoms with Crippen LogP contribution in [-0.4, -0.2) is 66.0 Å². The Labute approximate surface area is 78.6 Å². The van der Waals surface area contributed by atoms with Crippen molar-refractivity contribution < 1.29 is 38.4 Å². The molecule has 68 valence electrons. The molecule has 7 N–H and O–H groups in total. The number of rotatable bonds is 0. The van der Waals surface area contributed by atoms with E-state index in [1.54, 1.807) is 0 Å². The summed E-state index contributed by atoms with van der Waals surface area (Å²) < 4.78 is 8.88. The van der Waals surface area contributed by atoms with E-state index in [0.717, 1.165) is 0 Å². The summed E-state index contributed by atoms with van der Waals surface area (Å²) in [4.78, 5) is 50.9. The Hall–Kier alpha value is 0.933. The highest BCUT2D eigenvalue weighted by Crippen LogP contribution is 2.25. The van der Waals surface area contributed by atoms with Crippen LogP contribution in [0.4, 0.5) is 0 Å². The first-order valence-corrected chi connectivity index (χ1v) is 5.03. The minimum absolute atomic E-state index is 0. The quantitative estimate of drug-likeness (QED) is 0.159. The van der Waals surface area contributed by atoms with Gasteiger partial charge in [-0.2, -0.15) is 0 Å². The molecule has 0 aromatic rings. The molecular formula is H9MgO8PSi. The third-order valence-electron chi connectivity index (χ3n) is 0. The maximum atomic E-state index is 8.88. The zero-order valence-corrected chi connectivity index (χ0v) is 6.38. The van der Waals surface area contributed by atoms with Crippen LogP contribution in [0, 0.1) is 0 Å². The van der Waals surface area contributed by atoms with Crippen molar-refractivity contribution in [3.05, 3.63) is 0 Å². The van der Waals surface area contributed by atoms with Crippen molar-refractivity contribution in [2.24, 2.45) is 0 Å². The first kappa shape index (κ1) is 17.9. The van der Waals surface area contributed by atoms with Crippen molar-refractivity contribution in [3.8, 4) is 0 Å². The predicted molar refractivity (Wildman–Crippen MR) is 37.4 cm³/mol. The molecule has 0 radical (unpaired) electrons. The van der Waals surface area contributed by atoms with Gasteiger partial charge in [-0.15, -0.1) is 0 Å². The fourth-order valence-electron chi connectivity index (χ4n) is 0. The first-order chi connectivity index (χ1) is 4.00. The summed E-state index contributed by atoms with van der Waals surface area (Å²) in [6, 6.07) is 0. The van der Waals surface area contributed by atoms with Crippen LogP contribution in [0.5, 0.6) is 0 Å². The lowest BCUT2D eigenvalue weighted by molar-refractivity contribution is 0.117. The lowest BCUT2D eigenvalue weighted by Gasteiger charge is -1.91. The van der Waals surface area contributed by atoms with E-state index >= 15 is 0 Å². The summed E-state index contributed by atoms with van der Waals surface area (Å²) in [6.45, 7) is 0. The molecule has 0 saturated carbocycles. The molecule has 0 aliphatic heterocycles. The molecule has 0 atom stereocenters. The van der Waals surface area contributed by atoms with Gasteiger partial charge in [0.1, 0.15) is 0 Å². The summed E-state index contributed by atoms with van der Waals surface area (Å²) in [7, 11) is -9.25. The minimum atomic E-state index is -4.64. The molecule has 0 saturated heterocycles. The number of hydrogen-bond acceptors (Lipinski definition) is 5. The Bertz CT molecular complexity index is 106. The van der Waals surface area contributed by atoms with Gasteiger partial charge in [-0.3, -0.25) is 0 Å². The van der Waals surface area contributed by atoms with Gasteiger partial charge in [-0.25, -0.2) is 4.57 Å². The summed E-state index contributed by atoms with van der Waals surface area (Å²) in [5.41, 5.74) is 0. The third kappa shape index (κ3) is 1000. The topological polar surface area (TPSA) is 159 Å². The molecule has 0 unspecified atom stereocenters. The van der Waals surface area contributed by atoms with E-state index in [4.69, 9.17) is 38.4 Å². The molecule has 0 aliphatic carbocycles. The molecule has 0 aromatic heterocycles. The molecule has 0 rings (SSSR count). The molecule has 8 nitrogen and oxygen atoms in total. The summed E-state index contributed by atoms with van der Waals surface area (Å²) in [5.74, 6) is 0. The average molecular weight is 220 g/mol. The Morgan fingerprint density at radius 1 is 0.909 bits per heavy atom. The maximum absolute atomic E-state index is 8.88. The van der Waals surface area contributed by atoms with Crippen molar-refractivity contribution in [1.82, 2.24) is 0 Å². The fraction of sp³-hybridized carbons (Fsp3) is 0. The van der Waals surface area contributed by atoms with E-state index in [2.05, 4.69) is 0 Å². The second-order valence-corrected chi connectivity index (χ2v) is 3.34. The van der Waals surface area contributed by atoms with Crippen LogP contribution < -0.4 is 0 Å². The maximum Gasteiger partial charge on any atom is 0.668 e. The standard InChI is InChI=1S/Mg.H3O4P.H4O4Si.2H/c;2*1-5(2,3)4;;/h;(H3,1,2,3,4);1-4H;;. The minimum Gasteiger partial charge on any atom is -0.368 e. The number of hydrogen-bond donors (Lipinski definition) is 7. The second-order valence-electron chi connectivity index (χ2n) is 1.11. The number of phosphoric acid groups is 1. The van der Waals surface area contributed by atoms with Gasteiger partial charge in [0.25, 0.3) is 0 Å². The van der Waals surface area contributed by atoms with Crippen LogP contribution in [0.2, 0.25) is 0 Å². The lowest BCUT2D eigenvalue weighted by atomic mass is 15.7. The van der Waals surface area contributed by atoms with Gasteiger partial charge >= 0.3 is 39.9 Å². The van der Waals surface area contributed by atoms with Gasteiger partial charge in [0.2, 0.25) is 0 Å². The highest BCUT2D eigenvalue weighted by atomic mass is 31.2. The van der Waals surface area contributed by atoms with Gasteiger partial charge in [0.15, 0.2) is 0 Å². The van der Waals surface area contributed by atoms with Crippen molar-refractivity contribution in [2.45, 2.75) is 0 Å². The summed E-state index contributed by atoms with van der Waals surface area (Å²) in [6.07, 6.45) is 0. The predicted octanol–water partition coefficient (Wildman–Crippen LogP) is -4.45. The molecule has 0 heterocycles. The zero-order chi connectivity index (χ0) is 9.00. The van der Waals surface area contributed by atoms with E-state index < -0.39 is 16.9 Å². The van der Waals surface area contributed by atoms with Gasteiger partial charge in [0.05, 0.1) is 0 Å². The molecule has 0 bridgehead atoms. The molecule has 0 spiro atoms. The van der Waals surface area contributed by atoms with E-state index in [9.17, 15) is 0 Å². The fourth-order valence-corrected chi connectivity index (χ4v) is 0. The van der Waals surface area contributed by atoms with E-state index in [0.29, 0.717) is 0 Å². The second kappa shape index (κ2) is 6.45.